The molecule has 1 aliphatic carbocycles. The Hall–Kier alpha value is -3.16. The molecule has 0 amide bonds. The third-order valence-electron chi connectivity index (χ3n) is 4.84. The maximum Gasteiger partial charge on any atom is 0.281 e. The highest BCUT2D eigenvalue weighted by Crippen LogP contribution is 2.20. The Kier molecular flexibility index (Phi) is 7.44. The third kappa shape index (κ3) is 4.95. The number of nitrogens with one attached hydrogen (secondary N) is 3. The Morgan fingerprint density at radius 3 is 2.90 bits per heavy atom. The summed E-state index contributed by atoms with van der Waals surface area (Å²) in [6, 6.07) is 1.54. The van der Waals surface area contributed by atoms with Crippen molar-refractivity contribution >= 4 is 34.3 Å². The average Bonchev–Trinajstić information content (AvgIpc) is 2.74. The number of anilines is 2. The van der Waals surface area contributed by atoms with Crippen LogP contribution in [0.3, 0.4) is 0 Å². The molecule has 0 bridgehead atoms. The van der Waals surface area contributed by atoms with Gasteiger partial charge in [0, 0.05) is 18.1 Å². The standard InChI is InChI=1S/C20H26ClN9O/c1-3-7-24-8-9-27-30-19(29-15-6-4-5-14(21)16(15)20(30)31)12(2)28-18-13(10-22)17(23)25-11-26-18/h6,11-12,24,27H,3-5,7-9H2,1-2H3,(H3,23,25,26,28)/t12-/m0/s1. The molecule has 5 N–H and O–H groups in total. The lowest BCUT2D eigenvalue weighted by molar-refractivity contribution is 0.619. The summed E-state index contributed by atoms with van der Waals surface area (Å²) in [4.78, 5) is 26.0. The molecule has 2 aromatic heterocycles. The van der Waals surface area contributed by atoms with Gasteiger partial charge in [0.05, 0.1) is 16.6 Å². The van der Waals surface area contributed by atoms with E-state index in [0.29, 0.717) is 40.9 Å². The van der Waals surface area contributed by atoms with E-state index in [1.807, 2.05) is 19.1 Å². The van der Waals surface area contributed by atoms with Crippen molar-refractivity contribution < 1.29 is 0 Å². The van der Waals surface area contributed by atoms with E-state index < -0.39 is 6.04 Å². The Balaban J connectivity index is 2.01. The van der Waals surface area contributed by atoms with Crippen LogP contribution in [0.5, 0.6) is 0 Å². The first-order valence-electron chi connectivity index (χ1n) is 10.2. The number of rotatable bonds is 9. The molecule has 1 atom stereocenters. The predicted molar refractivity (Wildman–Crippen MR) is 121 cm³/mol. The van der Waals surface area contributed by atoms with Crippen LogP contribution in [-0.4, -0.2) is 39.3 Å². The van der Waals surface area contributed by atoms with Crippen LogP contribution in [0.4, 0.5) is 11.6 Å². The largest absolute Gasteiger partial charge is 0.382 e. The minimum atomic E-state index is -0.468. The second-order valence-corrected chi connectivity index (χ2v) is 7.59. The van der Waals surface area contributed by atoms with E-state index in [0.717, 1.165) is 19.4 Å². The van der Waals surface area contributed by atoms with Gasteiger partial charge in [-0.15, -0.1) is 0 Å². The van der Waals surface area contributed by atoms with Gasteiger partial charge in [-0.1, -0.05) is 24.6 Å². The molecule has 10 nitrogen and oxygen atoms in total. The second kappa shape index (κ2) is 10.2. The van der Waals surface area contributed by atoms with E-state index in [-0.39, 0.29) is 22.8 Å². The molecule has 1 aliphatic rings. The lowest BCUT2D eigenvalue weighted by Gasteiger charge is -2.21. The van der Waals surface area contributed by atoms with Crippen molar-refractivity contribution in [2.24, 2.45) is 0 Å². The van der Waals surface area contributed by atoms with Crippen LogP contribution in [0.2, 0.25) is 0 Å². The molecule has 2 heterocycles. The molecule has 0 aromatic carbocycles. The molecule has 0 radical (unpaired) electrons. The number of nitriles is 1. The highest BCUT2D eigenvalue weighted by Gasteiger charge is 2.20. The molecule has 11 heteroatoms. The zero-order valence-electron chi connectivity index (χ0n) is 17.6. The average molecular weight is 444 g/mol. The molecule has 0 saturated heterocycles. The molecule has 0 fully saturated rings. The summed E-state index contributed by atoms with van der Waals surface area (Å²) in [5.41, 5.74) is 8.82. The third-order valence-corrected chi connectivity index (χ3v) is 5.22. The van der Waals surface area contributed by atoms with E-state index >= 15 is 0 Å². The van der Waals surface area contributed by atoms with Gasteiger partial charge in [-0.3, -0.25) is 4.79 Å². The number of nitrogens with zero attached hydrogens (tertiary/aromatic N) is 5. The van der Waals surface area contributed by atoms with Crippen LogP contribution in [0.25, 0.3) is 11.1 Å². The smallest absolute Gasteiger partial charge is 0.281 e. The van der Waals surface area contributed by atoms with Crippen molar-refractivity contribution in [2.45, 2.75) is 39.2 Å². The van der Waals surface area contributed by atoms with Gasteiger partial charge >= 0.3 is 0 Å². The molecule has 0 spiro atoms. The van der Waals surface area contributed by atoms with Gasteiger partial charge in [-0.25, -0.2) is 19.6 Å². The SMILES string of the molecule is CCCNCCNn1c([C@H](C)Nc2ncnc(N)c2C#N)nc2c(c1=O)=C(Cl)CCC=2. The van der Waals surface area contributed by atoms with E-state index in [1.165, 1.54) is 11.0 Å². The molecule has 164 valence electrons. The first-order chi connectivity index (χ1) is 15.0. The predicted octanol–water partition coefficient (Wildman–Crippen LogP) is 0.125. The fraction of sp³-hybridized carbons (Fsp3) is 0.450. The molecule has 2 aromatic rings. The van der Waals surface area contributed by atoms with E-state index in [2.05, 4.69) is 33.0 Å². The molecular formula is C20H26ClN9O. The molecule has 31 heavy (non-hydrogen) atoms. The molecule has 3 rings (SSSR count). The van der Waals surface area contributed by atoms with Crippen molar-refractivity contribution in [2.75, 3.05) is 36.1 Å². The first kappa shape index (κ1) is 22.5. The highest BCUT2D eigenvalue weighted by atomic mass is 35.5. The maximum atomic E-state index is 13.3. The van der Waals surface area contributed by atoms with Crippen molar-refractivity contribution in [1.82, 2.24) is 24.9 Å². The van der Waals surface area contributed by atoms with Gasteiger partial charge in [0.1, 0.15) is 29.6 Å². The molecule has 0 unspecified atom stereocenters. The van der Waals surface area contributed by atoms with Crippen LogP contribution in [0.15, 0.2) is 11.1 Å². The van der Waals surface area contributed by atoms with Crippen molar-refractivity contribution in [3.63, 3.8) is 0 Å². The van der Waals surface area contributed by atoms with Crippen LogP contribution < -0.4 is 37.9 Å². The summed E-state index contributed by atoms with van der Waals surface area (Å²) in [7, 11) is 0. The lowest BCUT2D eigenvalue weighted by Crippen LogP contribution is -2.53. The Morgan fingerprint density at radius 1 is 1.35 bits per heavy atom. The van der Waals surface area contributed by atoms with Crippen LogP contribution in [0.1, 0.15) is 50.5 Å². The number of hydrogen-bond donors (Lipinski definition) is 4. The van der Waals surface area contributed by atoms with Gasteiger partial charge < -0.3 is 21.8 Å². The van der Waals surface area contributed by atoms with Crippen molar-refractivity contribution in [1.29, 1.82) is 5.26 Å². The monoisotopic (exact) mass is 443 g/mol. The molecule has 0 saturated carbocycles. The molecular weight excluding hydrogens is 418 g/mol. The summed E-state index contributed by atoms with van der Waals surface area (Å²) < 4.78 is 1.42. The summed E-state index contributed by atoms with van der Waals surface area (Å²) in [6.45, 7) is 6.02. The minimum absolute atomic E-state index is 0.0813. The van der Waals surface area contributed by atoms with Gasteiger partial charge in [0.2, 0.25) is 0 Å². The van der Waals surface area contributed by atoms with Gasteiger partial charge in [0.15, 0.2) is 5.82 Å². The van der Waals surface area contributed by atoms with E-state index in [9.17, 15) is 10.1 Å². The van der Waals surface area contributed by atoms with Gasteiger partial charge in [0.25, 0.3) is 5.56 Å². The Morgan fingerprint density at radius 2 is 2.16 bits per heavy atom. The Labute approximate surface area is 184 Å². The van der Waals surface area contributed by atoms with E-state index in [1.54, 1.807) is 0 Å². The second-order valence-electron chi connectivity index (χ2n) is 7.14. The van der Waals surface area contributed by atoms with Crippen molar-refractivity contribution in [3.05, 3.63) is 38.6 Å². The van der Waals surface area contributed by atoms with Crippen LogP contribution in [0, 0.1) is 11.3 Å². The summed E-state index contributed by atoms with van der Waals surface area (Å²) >= 11 is 6.37. The number of aromatic nitrogens is 4. The normalized spacial score (nSPS) is 13.7. The van der Waals surface area contributed by atoms with Crippen LogP contribution >= 0.6 is 11.6 Å². The maximum absolute atomic E-state index is 13.3. The summed E-state index contributed by atoms with van der Waals surface area (Å²) in [5, 5.41) is 17.3. The highest BCUT2D eigenvalue weighted by molar-refractivity contribution is 6.45. The topological polar surface area (TPSA) is 147 Å². The van der Waals surface area contributed by atoms with Gasteiger partial charge in [-0.05, 0) is 32.7 Å². The first-order valence-corrected chi connectivity index (χ1v) is 10.6. The minimum Gasteiger partial charge on any atom is -0.382 e. The zero-order chi connectivity index (χ0) is 22.4. The lowest BCUT2D eigenvalue weighted by atomic mass is 10.1. The number of nitrogens with two attached hydrogens (primary N) is 1. The summed E-state index contributed by atoms with van der Waals surface area (Å²) in [5.74, 6) is 0.806. The van der Waals surface area contributed by atoms with Gasteiger partial charge in [-0.2, -0.15) is 5.26 Å². The number of hydrogen-bond acceptors (Lipinski definition) is 9. The van der Waals surface area contributed by atoms with Crippen LogP contribution in [-0.2, 0) is 0 Å². The molecule has 0 aliphatic heterocycles. The quantitative estimate of drug-likeness (QED) is 0.397. The number of halogens is 1. The summed E-state index contributed by atoms with van der Waals surface area (Å²) in [6.07, 6.45) is 5.55. The number of nitrogen functional groups attached to an aromatic ring is 1. The van der Waals surface area contributed by atoms with Crippen molar-refractivity contribution in [3.8, 4) is 6.07 Å². The Bertz CT molecular complexity index is 1170. The fourth-order valence-corrected chi connectivity index (χ4v) is 3.59. The fourth-order valence-electron chi connectivity index (χ4n) is 3.31. The zero-order valence-corrected chi connectivity index (χ0v) is 18.3. The number of fused-ring (bicyclic) bond motifs is 1. The van der Waals surface area contributed by atoms with E-state index in [4.69, 9.17) is 22.3 Å².